The molecular formula is C37H50ClN5O7S. The fraction of sp³-hybridized carbons (Fsp3) is 0.649. The fourth-order valence-electron chi connectivity index (χ4n) is 7.98. The Morgan fingerprint density at radius 1 is 1.12 bits per heavy atom. The summed E-state index contributed by atoms with van der Waals surface area (Å²) in [6.07, 6.45) is 8.98. The van der Waals surface area contributed by atoms with Crippen LogP contribution in [-0.4, -0.2) is 72.8 Å². The van der Waals surface area contributed by atoms with Gasteiger partial charge in [0.2, 0.25) is 17.7 Å². The quantitative estimate of drug-likeness (QED) is 0.249. The number of allylic oxidation sites excluding steroid dienone is 1. The summed E-state index contributed by atoms with van der Waals surface area (Å²) in [5.41, 5.74) is -1.66. The maximum absolute atomic E-state index is 14.7. The van der Waals surface area contributed by atoms with Gasteiger partial charge in [-0.25, -0.2) is 4.72 Å². The molecule has 278 valence electrons. The van der Waals surface area contributed by atoms with Gasteiger partial charge in [-0.15, -0.1) is 6.58 Å². The molecule has 1 spiro atoms. The molecule has 14 heteroatoms. The number of nitrogens with zero attached hydrogens (tertiary/aromatic N) is 2. The number of carbonyl (C=O) groups excluding carboxylic acids is 4. The number of hydrogen-bond acceptors (Lipinski definition) is 8. The van der Waals surface area contributed by atoms with Gasteiger partial charge in [0, 0.05) is 42.3 Å². The smallest absolute Gasteiger partial charge is 0.301 e. The number of rotatable bonds is 13. The second kappa shape index (κ2) is 14.3. The number of halogens is 1. The molecule has 5 aliphatic rings. The molecule has 0 bridgehead atoms. The number of amides is 3. The molecule has 5 atom stereocenters. The minimum absolute atomic E-state index is 0.0324. The molecule has 0 unspecified atom stereocenters. The average Bonchev–Trinajstić information content (AvgIpc) is 3.94. The third-order valence-corrected chi connectivity index (χ3v) is 12.5. The molecule has 12 nitrogen and oxygen atoms in total. The Bertz CT molecular complexity index is 1720. The van der Waals surface area contributed by atoms with Crippen LogP contribution in [0.25, 0.3) is 0 Å². The van der Waals surface area contributed by atoms with E-state index in [0.717, 1.165) is 31.2 Å². The standard InChI is InChI=1S/C37H50ClN5O7S/c1-5-25-18-37(25,34(47)42-51(48,49)41-27-14-15-27)21-30(44)29-20-36(19-28(40-50-36)24-12-9-13-26(38)17-24)22-43(29)33(46)32(35(2,3)4)39-31(45)16-23-10-7-6-8-11-23/h5,9,12-13,17,23,25,27,29,32,41H,1,6-8,10-11,14-16,18-22H2,2-4H3,(H,39,45)(H,42,47)/t25-,29+,32-,36-,37-/m1/s1. The van der Waals surface area contributed by atoms with Crippen molar-refractivity contribution in [2.24, 2.45) is 27.8 Å². The zero-order valence-corrected chi connectivity index (χ0v) is 31.3. The number of likely N-dealkylation sites (tertiary alicyclic amines) is 1. The Balaban J connectivity index is 1.25. The highest BCUT2D eigenvalue weighted by atomic mass is 35.5. The van der Waals surface area contributed by atoms with Crippen LogP contribution in [0.15, 0.2) is 42.1 Å². The highest BCUT2D eigenvalue weighted by Crippen LogP contribution is 2.57. The van der Waals surface area contributed by atoms with Crippen molar-refractivity contribution < 1.29 is 32.4 Å². The van der Waals surface area contributed by atoms with Crippen molar-refractivity contribution in [3.63, 3.8) is 0 Å². The highest BCUT2D eigenvalue weighted by Gasteiger charge is 2.62. The van der Waals surface area contributed by atoms with Gasteiger partial charge in [-0.2, -0.15) is 13.1 Å². The summed E-state index contributed by atoms with van der Waals surface area (Å²) < 4.78 is 30.0. The number of ketones is 1. The lowest BCUT2D eigenvalue weighted by Crippen LogP contribution is -2.57. The van der Waals surface area contributed by atoms with Gasteiger partial charge < -0.3 is 15.1 Å². The molecule has 1 aromatic rings. The van der Waals surface area contributed by atoms with E-state index >= 15 is 0 Å². The predicted molar refractivity (Wildman–Crippen MR) is 193 cm³/mol. The van der Waals surface area contributed by atoms with Crippen molar-refractivity contribution in [3.8, 4) is 0 Å². The van der Waals surface area contributed by atoms with Crippen molar-refractivity contribution in [2.45, 2.75) is 122 Å². The van der Waals surface area contributed by atoms with Crippen LogP contribution in [0.1, 0.15) is 103 Å². The van der Waals surface area contributed by atoms with Gasteiger partial charge in [-0.1, -0.05) is 75.0 Å². The number of hydrogen-bond donors (Lipinski definition) is 3. The van der Waals surface area contributed by atoms with Gasteiger partial charge in [-0.3, -0.25) is 19.2 Å². The monoisotopic (exact) mass is 743 g/mol. The Morgan fingerprint density at radius 3 is 2.47 bits per heavy atom. The lowest BCUT2D eigenvalue weighted by atomic mass is 9.84. The predicted octanol–water partition coefficient (Wildman–Crippen LogP) is 4.57. The van der Waals surface area contributed by atoms with Crippen LogP contribution in [0, 0.1) is 22.7 Å². The molecule has 3 N–H and O–H groups in total. The first-order chi connectivity index (χ1) is 24.0. The fourth-order valence-corrected chi connectivity index (χ4v) is 9.35. The Morgan fingerprint density at radius 2 is 1.84 bits per heavy atom. The molecule has 1 saturated heterocycles. The summed E-state index contributed by atoms with van der Waals surface area (Å²) in [6.45, 7) is 9.48. The van der Waals surface area contributed by atoms with Crippen molar-refractivity contribution in [2.75, 3.05) is 6.54 Å². The normalized spacial score (nSPS) is 28.5. The lowest BCUT2D eigenvalue weighted by molar-refractivity contribution is -0.144. The van der Waals surface area contributed by atoms with Gasteiger partial charge >= 0.3 is 10.2 Å². The molecule has 0 aromatic heterocycles. The first-order valence-corrected chi connectivity index (χ1v) is 20.0. The van der Waals surface area contributed by atoms with Gasteiger partial charge in [-0.05, 0) is 61.5 Å². The Labute approximate surface area is 305 Å². The van der Waals surface area contributed by atoms with E-state index in [1.54, 1.807) is 18.2 Å². The van der Waals surface area contributed by atoms with Crippen LogP contribution in [0.5, 0.6) is 0 Å². The van der Waals surface area contributed by atoms with Crippen molar-refractivity contribution in [1.82, 2.24) is 19.7 Å². The maximum Gasteiger partial charge on any atom is 0.301 e. The van der Waals surface area contributed by atoms with Gasteiger partial charge in [0.15, 0.2) is 11.4 Å². The minimum Gasteiger partial charge on any atom is -0.387 e. The minimum atomic E-state index is -4.12. The number of benzene rings is 1. The van der Waals surface area contributed by atoms with Crippen molar-refractivity contribution >= 4 is 51.0 Å². The maximum atomic E-state index is 14.7. The SMILES string of the molecule is C=C[C@@H]1C[C@]1(CC(=O)[C@@H]1C[C@]2(CC(c3cccc(Cl)c3)=NO2)CN1C(=O)[C@@H](NC(=O)CC1CCCCC1)C(C)(C)C)C(=O)NS(=O)(=O)NC1CC1. The Hall–Kier alpha value is -3.29. The average molecular weight is 744 g/mol. The van der Waals surface area contributed by atoms with E-state index < -0.39 is 62.2 Å². The zero-order valence-electron chi connectivity index (χ0n) is 29.7. The molecule has 6 rings (SSSR count). The highest BCUT2D eigenvalue weighted by molar-refractivity contribution is 7.88. The zero-order chi connectivity index (χ0) is 36.8. The Kier molecular flexibility index (Phi) is 10.5. The number of oxime groups is 1. The number of nitrogens with one attached hydrogen (secondary N) is 3. The van der Waals surface area contributed by atoms with Gasteiger partial charge in [0.1, 0.15) is 6.04 Å². The first-order valence-electron chi connectivity index (χ1n) is 18.1. The van der Waals surface area contributed by atoms with E-state index in [9.17, 15) is 27.6 Å². The molecule has 3 aliphatic carbocycles. The molecule has 2 heterocycles. The molecule has 0 radical (unpaired) electrons. The van der Waals surface area contributed by atoms with E-state index in [2.05, 4.69) is 26.5 Å². The summed E-state index contributed by atoms with van der Waals surface area (Å²) in [5.74, 6) is -1.92. The molecule has 3 saturated carbocycles. The number of Topliss-reactive ketones (excluding diaryl/α,β-unsaturated/α-hetero) is 1. The summed E-state index contributed by atoms with van der Waals surface area (Å²) in [6, 6.07) is 5.04. The molecular weight excluding hydrogens is 694 g/mol. The van der Waals surface area contributed by atoms with Crippen LogP contribution < -0.4 is 14.8 Å². The number of carbonyl (C=O) groups is 4. The molecule has 1 aromatic carbocycles. The third kappa shape index (κ3) is 8.52. The second-order valence-corrected chi connectivity index (χ2v) is 18.3. The molecule has 4 fully saturated rings. The first kappa shape index (κ1) is 37.5. The van der Waals surface area contributed by atoms with E-state index in [-0.39, 0.29) is 43.7 Å². The van der Waals surface area contributed by atoms with E-state index in [0.29, 0.717) is 36.4 Å². The molecule has 2 aliphatic heterocycles. The van der Waals surface area contributed by atoms with Gasteiger partial charge in [0.05, 0.1) is 23.7 Å². The van der Waals surface area contributed by atoms with Crippen LogP contribution >= 0.6 is 11.6 Å². The summed E-state index contributed by atoms with van der Waals surface area (Å²) >= 11 is 6.26. The van der Waals surface area contributed by atoms with Crippen LogP contribution in [0.3, 0.4) is 0 Å². The van der Waals surface area contributed by atoms with E-state index in [1.807, 2.05) is 32.9 Å². The molecule has 51 heavy (non-hydrogen) atoms. The summed E-state index contributed by atoms with van der Waals surface area (Å²) in [5, 5.41) is 7.93. The summed E-state index contributed by atoms with van der Waals surface area (Å²) in [7, 11) is -4.12. The summed E-state index contributed by atoms with van der Waals surface area (Å²) in [4.78, 5) is 63.7. The third-order valence-electron chi connectivity index (χ3n) is 11.2. The van der Waals surface area contributed by atoms with Crippen molar-refractivity contribution in [3.05, 3.63) is 47.5 Å². The lowest BCUT2D eigenvalue weighted by Gasteiger charge is -2.36. The van der Waals surface area contributed by atoms with E-state index in [4.69, 9.17) is 16.4 Å². The topological polar surface area (TPSA) is 163 Å². The van der Waals surface area contributed by atoms with Gasteiger partial charge in [0.25, 0.3) is 0 Å². The van der Waals surface area contributed by atoms with E-state index in [1.165, 1.54) is 11.3 Å². The largest absolute Gasteiger partial charge is 0.387 e. The second-order valence-electron chi connectivity index (χ2n) is 16.4. The van der Waals surface area contributed by atoms with Crippen LogP contribution in [0.2, 0.25) is 5.02 Å². The van der Waals surface area contributed by atoms with Crippen molar-refractivity contribution in [1.29, 1.82) is 0 Å². The van der Waals surface area contributed by atoms with Crippen LogP contribution in [0.4, 0.5) is 0 Å². The van der Waals surface area contributed by atoms with Crippen LogP contribution in [-0.2, 0) is 34.2 Å². The molecule has 3 amide bonds.